The van der Waals surface area contributed by atoms with Crippen molar-refractivity contribution in [3.8, 4) is 17.1 Å². The summed E-state index contributed by atoms with van der Waals surface area (Å²) in [6.07, 6.45) is 0. The van der Waals surface area contributed by atoms with Crippen LogP contribution in [0.5, 0.6) is 5.75 Å². The highest BCUT2D eigenvalue weighted by atomic mass is 19.1. The second-order valence-electron chi connectivity index (χ2n) is 9.75. The van der Waals surface area contributed by atoms with Crippen molar-refractivity contribution in [2.45, 2.75) is 13.1 Å². The molecule has 2 fully saturated rings. The molecule has 6 rings (SSSR count). The number of anilines is 1. The van der Waals surface area contributed by atoms with E-state index in [9.17, 15) is 9.50 Å². The molecule has 198 valence electrons. The average Bonchev–Trinajstić information content (AvgIpc) is 3.36. The van der Waals surface area contributed by atoms with Crippen LogP contribution in [0.15, 0.2) is 48.5 Å². The van der Waals surface area contributed by atoms with Crippen LogP contribution in [0.25, 0.3) is 22.6 Å². The van der Waals surface area contributed by atoms with Crippen LogP contribution in [0, 0.1) is 5.82 Å². The average molecular weight is 519 g/mol. The Kier molecular flexibility index (Phi) is 7.12. The minimum atomic E-state index is -0.186. The Hall–Kier alpha value is -3.67. The van der Waals surface area contributed by atoms with Crippen molar-refractivity contribution in [3.63, 3.8) is 0 Å². The van der Waals surface area contributed by atoms with Gasteiger partial charge in [0.25, 0.3) is 0 Å². The standard InChI is InChI=1S/C27H31FN8O2/c28-22-5-1-3-20(17-22)19-34-9-7-33(8-10-34)11-12-36-27-24(31-32-36)26(35-13-15-38-16-14-35)29-25(30-27)21-4-2-6-23(37)18-21/h1-6,17-18,37H,7-16,19H2. The molecule has 0 unspecified atom stereocenters. The molecule has 2 aliphatic rings. The van der Waals surface area contributed by atoms with Gasteiger partial charge in [-0.2, -0.15) is 0 Å². The third-order valence-electron chi connectivity index (χ3n) is 7.15. The number of halogens is 1. The monoisotopic (exact) mass is 518 g/mol. The normalized spacial score (nSPS) is 17.3. The molecule has 0 amide bonds. The fourth-order valence-corrected chi connectivity index (χ4v) is 5.06. The number of nitrogens with zero attached hydrogens (tertiary/aromatic N) is 8. The first-order chi connectivity index (χ1) is 18.6. The van der Waals surface area contributed by atoms with E-state index < -0.39 is 0 Å². The fraction of sp³-hybridized carbons (Fsp3) is 0.407. The molecule has 0 aliphatic carbocycles. The number of ether oxygens (including phenoxy) is 1. The molecule has 0 saturated carbocycles. The maximum Gasteiger partial charge on any atom is 0.184 e. The van der Waals surface area contributed by atoms with Gasteiger partial charge in [-0.1, -0.05) is 29.5 Å². The summed E-state index contributed by atoms with van der Waals surface area (Å²) in [6, 6.07) is 13.8. The SMILES string of the molecule is Oc1cccc(-c2nc(N3CCOCC3)c3nnn(CCN4CCN(Cc5cccc(F)c5)CC4)c3n2)c1. The minimum absolute atomic E-state index is 0.169. The van der Waals surface area contributed by atoms with Gasteiger partial charge in [0.1, 0.15) is 11.6 Å². The molecule has 0 bridgehead atoms. The lowest BCUT2D eigenvalue weighted by Gasteiger charge is -2.34. The Bertz CT molecular complexity index is 1400. The Morgan fingerprint density at radius 1 is 0.868 bits per heavy atom. The van der Waals surface area contributed by atoms with Crippen LogP contribution in [-0.4, -0.2) is 98.9 Å². The number of hydrogen-bond donors (Lipinski definition) is 1. The lowest BCUT2D eigenvalue weighted by molar-refractivity contribution is 0.122. The van der Waals surface area contributed by atoms with E-state index in [0.717, 1.165) is 69.3 Å². The Labute approximate surface area is 220 Å². The number of aromatic hydroxyl groups is 1. The van der Waals surface area contributed by atoms with Crippen LogP contribution in [-0.2, 0) is 17.8 Å². The predicted molar refractivity (Wildman–Crippen MR) is 141 cm³/mol. The zero-order valence-corrected chi connectivity index (χ0v) is 21.2. The first-order valence-corrected chi connectivity index (χ1v) is 13.0. The molecule has 0 radical (unpaired) electrons. The zero-order valence-electron chi connectivity index (χ0n) is 21.2. The second kappa shape index (κ2) is 11.0. The van der Waals surface area contributed by atoms with Gasteiger partial charge < -0.3 is 14.7 Å². The summed E-state index contributed by atoms with van der Waals surface area (Å²) in [5.41, 5.74) is 3.11. The fourth-order valence-electron chi connectivity index (χ4n) is 5.06. The number of phenols is 1. The van der Waals surface area contributed by atoms with Crippen LogP contribution < -0.4 is 4.90 Å². The van der Waals surface area contributed by atoms with Gasteiger partial charge in [0.15, 0.2) is 22.8 Å². The van der Waals surface area contributed by atoms with Gasteiger partial charge in [0.05, 0.1) is 19.8 Å². The van der Waals surface area contributed by atoms with Crippen molar-refractivity contribution in [2.75, 3.05) is 63.9 Å². The molecule has 2 aromatic carbocycles. The van der Waals surface area contributed by atoms with E-state index in [4.69, 9.17) is 14.7 Å². The molecule has 2 aliphatic heterocycles. The summed E-state index contributed by atoms with van der Waals surface area (Å²) >= 11 is 0. The van der Waals surface area contributed by atoms with Crippen LogP contribution >= 0.6 is 0 Å². The van der Waals surface area contributed by atoms with Crippen LogP contribution in [0.3, 0.4) is 0 Å². The predicted octanol–water partition coefficient (Wildman–Crippen LogP) is 2.39. The van der Waals surface area contributed by atoms with Gasteiger partial charge in [-0.15, -0.1) is 5.10 Å². The highest BCUT2D eigenvalue weighted by Gasteiger charge is 2.23. The van der Waals surface area contributed by atoms with Gasteiger partial charge in [0.2, 0.25) is 0 Å². The van der Waals surface area contributed by atoms with Gasteiger partial charge in [-0.05, 0) is 29.8 Å². The smallest absolute Gasteiger partial charge is 0.184 e. The number of hydrogen-bond acceptors (Lipinski definition) is 9. The summed E-state index contributed by atoms with van der Waals surface area (Å²) < 4.78 is 20.9. The number of piperazine rings is 1. The lowest BCUT2D eigenvalue weighted by atomic mass is 10.2. The molecular weight excluding hydrogens is 487 g/mol. The molecule has 10 nitrogen and oxygen atoms in total. The topological polar surface area (TPSA) is 95.7 Å². The maximum absolute atomic E-state index is 13.5. The third kappa shape index (κ3) is 5.45. The highest BCUT2D eigenvalue weighted by molar-refractivity contribution is 5.85. The van der Waals surface area contributed by atoms with E-state index in [0.29, 0.717) is 36.7 Å². The lowest BCUT2D eigenvalue weighted by Crippen LogP contribution is -2.46. The molecule has 2 aromatic heterocycles. The number of phenolic OH excluding ortho intramolecular Hbond substituents is 1. The van der Waals surface area contributed by atoms with E-state index in [2.05, 4.69) is 25.0 Å². The second-order valence-corrected chi connectivity index (χ2v) is 9.75. The molecule has 38 heavy (non-hydrogen) atoms. The van der Waals surface area contributed by atoms with E-state index in [-0.39, 0.29) is 11.6 Å². The molecule has 11 heteroatoms. The molecule has 4 heterocycles. The summed E-state index contributed by atoms with van der Waals surface area (Å²) in [4.78, 5) is 16.6. The number of fused-ring (bicyclic) bond motifs is 1. The van der Waals surface area contributed by atoms with Gasteiger partial charge >= 0.3 is 0 Å². The first kappa shape index (κ1) is 24.7. The zero-order chi connectivity index (χ0) is 25.9. The van der Waals surface area contributed by atoms with Crippen molar-refractivity contribution in [1.29, 1.82) is 0 Å². The van der Waals surface area contributed by atoms with Crippen LogP contribution in [0.4, 0.5) is 10.2 Å². The Morgan fingerprint density at radius 2 is 1.66 bits per heavy atom. The van der Waals surface area contributed by atoms with Crippen molar-refractivity contribution in [3.05, 3.63) is 59.9 Å². The summed E-state index contributed by atoms with van der Waals surface area (Å²) in [5, 5.41) is 18.9. The number of morpholine rings is 1. The molecular formula is C27H31FN8O2. The highest BCUT2D eigenvalue weighted by Crippen LogP contribution is 2.28. The molecule has 4 aromatic rings. The molecule has 2 saturated heterocycles. The summed E-state index contributed by atoms with van der Waals surface area (Å²) in [6.45, 7) is 8.67. The van der Waals surface area contributed by atoms with Crippen LogP contribution in [0.1, 0.15) is 5.56 Å². The minimum Gasteiger partial charge on any atom is -0.508 e. The quantitative estimate of drug-likeness (QED) is 0.396. The van der Waals surface area contributed by atoms with E-state index in [1.165, 1.54) is 6.07 Å². The van der Waals surface area contributed by atoms with Crippen molar-refractivity contribution < 1.29 is 14.2 Å². The third-order valence-corrected chi connectivity index (χ3v) is 7.15. The van der Waals surface area contributed by atoms with E-state index >= 15 is 0 Å². The Balaban J connectivity index is 1.18. The first-order valence-electron chi connectivity index (χ1n) is 13.0. The number of rotatable bonds is 7. The van der Waals surface area contributed by atoms with Crippen molar-refractivity contribution >= 4 is 17.0 Å². The molecule has 0 spiro atoms. The van der Waals surface area contributed by atoms with E-state index in [1.54, 1.807) is 30.3 Å². The summed E-state index contributed by atoms with van der Waals surface area (Å²) in [5.74, 6) is 1.26. The molecule has 0 atom stereocenters. The maximum atomic E-state index is 13.5. The Morgan fingerprint density at radius 3 is 2.45 bits per heavy atom. The number of benzene rings is 2. The van der Waals surface area contributed by atoms with Crippen LogP contribution in [0.2, 0.25) is 0 Å². The van der Waals surface area contributed by atoms with E-state index in [1.807, 2.05) is 16.8 Å². The van der Waals surface area contributed by atoms with Gasteiger partial charge in [-0.3, -0.25) is 9.80 Å². The van der Waals surface area contributed by atoms with Crippen molar-refractivity contribution in [1.82, 2.24) is 34.8 Å². The summed E-state index contributed by atoms with van der Waals surface area (Å²) in [7, 11) is 0. The van der Waals surface area contributed by atoms with Gasteiger partial charge in [0, 0.05) is 57.9 Å². The largest absolute Gasteiger partial charge is 0.508 e. The van der Waals surface area contributed by atoms with Gasteiger partial charge in [-0.25, -0.2) is 19.0 Å². The van der Waals surface area contributed by atoms with Crippen molar-refractivity contribution in [2.24, 2.45) is 0 Å². The molecule has 1 N–H and O–H groups in total. The number of aromatic nitrogens is 5.